The van der Waals surface area contributed by atoms with Crippen LogP contribution >= 0.6 is 0 Å². The van der Waals surface area contributed by atoms with E-state index in [1.807, 2.05) is 36.4 Å². The largest absolute Gasteiger partial charge is 0.488 e. The number of H-pyrrole nitrogens is 1. The molecule has 1 aromatic heterocycles. The van der Waals surface area contributed by atoms with E-state index in [1.54, 1.807) is 18.2 Å². The number of fused-ring (bicyclic) bond motifs is 1. The van der Waals surface area contributed by atoms with Gasteiger partial charge in [-0.15, -0.1) is 5.21 Å². The summed E-state index contributed by atoms with van der Waals surface area (Å²) in [7, 11) is 0. The minimum Gasteiger partial charge on any atom is -0.488 e. The maximum absolute atomic E-state index is 13.9. The van der Waals surface area contributed by atoms with Crippen LogP contribution in [0.4, 0.5) is 10.3 Å². The van der Waals surface area contributed by atoms with E-state index in [9.17, 15) is 4.39 Å². The van der Waals surface area contributed by atoms with Crippen molar-refractivity contribution in [2.24, 2.45) is 0 Å². The Hall–Kier alpha value is -3.48. The highest BCUT2D eigenvalue weighted by Gasteiger charge is 2.10. The number of aromatic nitrogens is 4. The van der Waals surface area contributed by atoms with Crippen molar-refractivity contribution in [1.82, 2.24) is 20.6 Å². The molecule has 0 aliphatic rings. The van der Waals surface area contributed by atoms with Crippen LogP contribution in [0.3, 0.4) is 0 Å². The summed E-state index contributed by atoms with van der Waals surface area (Å²) in [4.78, 5) is 0. The summed E-state index contributed by atoms with van der Waals surface area (Å²) in [6, 6.07) is 18.4. The molecule has 1 N–H and O–H groups in total. The summed E-state index contributed by atoms with van der Waals surface area (Å²) >= 11 is 0. The lowest BCUT2D eigenvalue weighted by atomic mass is 10.0. The number of benzene rings is 3. The molecule has 0 saturated carbocycles. The molecule has 0 atom stereocenters. The third kappa shape index (κ3) is 3.32. The Morgan fingerprint density at radius 1 is 1.00 bits per heavy atom. The average molecular weight is 348 g/mol. The van der Waals surface area contributed by atoms with Gasteiger partial charge in [-0.25, -0.2) is 4.39 Å². The van der Waals surface area contributed by atoms with Crippen LogP contribution in [-0.4, -0.2) is 20.6 Å². The van der Waals surface area contributed by atoms with Gasteiger partial charge in [0.05, 0.1) is 5.95 Å². The minimum atomic E-state index is -0.286. The molecular weight excluding hydrogens is 333 g/mol. The molecule has 0 aliphatic heterocycles. The number of nitrogens with one attached hydrogen (secondary N) is 1. The zero-order valence-corrected chi connectivity index (χ0v) is 13.8. The molecule has 1 heterocycles. The van der Waals surface area contributed by atoms with Gasteiger partial charge in [0, 0.05) is 17.7 Å². The number of rotatable bonds is 6. The molecule has 4 rings (SSSR count). The first-order valence-corrected chi connectivity index (χ1v) is 8.09. The van der Waals surface area contributed by atoms with Gasteiger partial charge in [0.1, 0.15) is 18.2 Å². The van der Waals surface area contributed by atoms with E-state index in [2.05, 4.69) is 25.9 Å². The van der Waals surface area contributed by atoms with Crippen LogP contribution in [0, 0.1) is 5.82 Å². The topological polar surface area (TPSA) is 77.8 Å². The van der Waals surface area contributed by atoms with Crippen molar-refractivity contribution in [2.75, 3.05) is 0 Å². The number of tetrazole rings is 1. The monoisotopic (exact) mass is 348 g/mol. The van der Waals surface area contributed by atoms with Gasteiger partial charge in [-0.1, -0.05) is 48.5 Å². The lowest BCUT2D eigenvalue weighted by molar-refractivity contribution is 0.297. The molecule has 130 valence electrons. The van der Waals surface area contributed by atoms with Gasteiger partial charge in [0.25, 0.3) is 0 Å². The van der Waals surface area contributed by atoms with Crippen molar-refractivity contribution < 1.29 is 9.13 Å². The SMILES string of the molecule is Fc1ccccc1COc1ccc2ccccc2c1C[N-]c1nn[nH]n1. The second-order valence-corrected chi connectivity index (χ2v) is 5.67. The molecule has 0 spiro atoms. The molecular formula is C19H15FN5O-. The molecule has 0 aliphatic carbocycles. The lowest BCUT2D eigenvalue weighted by Crippen LogP contribution is -2.01. The van der Waals surface area contributed by atoms with E-state index in [-0.39, 0.29) is 18.4 Å². The van der Waals surface area contributed by atoms with Crippen molar-refractivity contribution >= 4 is 16.7 Å². The quantitative estimate of drug-likeness (QED) is 0.564. The molecule has 7 heteroatoms. The van der Waals surface area contributed by atoms with Gasteiger partial charge in [0.2, 0.25) is 0 Å². The van der Waals surface area contributed by atoms with Crippen LogP contribution in [-0.2, 0) is 13.2 Å². The van der Waals surface area contributed by atoms with E-state index in [1.165, 1.54) is 6.07 Å². The van der Waals surface area contributed by atoms with Crippen LogP contribution in [0.5, 0.6) is 5.75 Å². The second-order valence-electron chi connectivity index (χ2n) is 5.67. The molecule has 0 fully saturated rings. The van der Waals surface area contributed by atoms with Gasteiger partial charge in [-0.05, 0) is 22.9 Å². The summed E-state index contributed by atoms with van der Waals surface area (Å²) in [6.45, 7) is 0.466. The van der Waals surface area contributed by atoms with Crippen molar-refractivity contribution in [1.29, 1.82) is 0 Å². The van der Waals surface area contributed by atoms with Crippen LogP contribution in [0.1, 0.15) is 11.1 Å². The smallest absolute Gasteiger partial charge is 0.129 e. The van der Waals surface area contributed by atoms with Gasteiger partial charge in [0.15, 0.2) is 0 Å². The van der Waals surface area contributed by atoms with Crippen LogP contribution in [0.25, 0.3) is 16.1 Å². The van der Waals surface area contributed by atoms with Crippen LogP contribution < -0.4 is 4.74 Å². The molecule has 0 bridgehead atoms. The lowest BCUT2D eigenvalue weighted by Gasteiger charge is -2.16. The van der Waals surface area contributed by atoms with E-state index < -0.39 is 0 Å². The fourth-order valence-corrected chi connectivity index (χ4v) is 2.76. The number of ether oxygens (including phenoxy) is 1. The molecule has 6 nitrogen and oxygen atoms in total. The highest BCUT2D eigenvalue weighted by atomic mass is 19.1. The number of hydrogen-bond donors (Lipinski definition) is 1. The molecule has 3 aromatic carbocycles. The standard InChI is InChI=1S/C19H15FN5O/c20-17-8-4-2-6-14(17)12-26-18-10-9-13-5-1-3-7-15(13)16(18)11-21-19-22-24-25-23-19/h1-10H,11-12H2,(H-,21,22,23,24,25)/q-1. The van der Waals surface area contributed by atoms with E-state index in [0.29, 0.717) is 17.9 Å². The summed E-state index contributed by atoms with van der Waals surface area (Å²) < 4.78 is 19.8. The summed E-state index contributed by atoms with van der Waals surface area (Å²) in [5.41, 5.74) is 1.39. The Morgan fingerprint density at radius 2 is 1.85 bits per heavy atom. The molecule has 26 heavy (non-hydrogen) atoms. The maximum Gasteiger partial charge on any atom is 0.129 e. The van der Waals surface area contributed by atoms with Crippen molar-refractivity contribution in [3.05, 3.63) is 82.9 Å². The predicted octanol–water partition coefficient (Wildman–Crippen LogP) is 4.28. The highest BCUT2D eigenvalue weighted by molar-refractivity contribution is 5.88. The normalized spacial score (nSPS) is 10.8. The van der Waals surface area contributed by atoms with E-state index in [4.69, 9.17) is 4.74 Å². The highest BCUT2D eigenvalue weighted by Crippen LogP contribution is 2.31. The predicted molar refractivity (Wildman–Crippen MR) is 95.6 cm³/mol. The zero-order chi connectivity index (χ0) is 17.8. The first-order chi connectivity index (χ1) is 12.8. The summed E-state index contributed by atoms with van der Waals surface area (Å²) in [5, 5.41) is 20.0. The second kappa shape index (κ2) is 7.18. The Morgan fingerprint density at radius 3 is 2.69 bits per heavy atom. The molecule has 0 radical (unpaired) electrons. The van der Waals surface area contributed by atoms with Crippen LogP contribution in [0.15, 0.2) is 60.7 Å². The fourth-order valence-electron chi connectivity index (χ4n) is 2.76. The van der Waals surface area contributed by atoms with E-state index >= 15 is 0 Å². The Bertz CT molecular complexity index is 1020. The minimum absolute atomic E-state index is 0.139. The van der Waals surface area contributed by atoms with Crippen molar-refractivity contribution in [3.8, 4) is 5.75 Å². The number of nitrogens with zero attached hydrogens (tertiary/aromatic N) is 4. The number of halogens is 1. The van der Waals surface area contributed by atoms with Gasteiger partial charge in [-0.2, -0.15) is 0 Å². The molecule has 0 unspecified atom stereocenters. The molecule has 0 amide bonds. The third-order valence-electron chi connectivity index (χ3n) is 4.05. The summed E-state index contributed by atoms with van der Waals surface area (Å²) in [6.07, 6.45) is 0. The Kier molecular flexibility index (Phi) is 4.42. The Balaban J connectivity index is 1.64. The Labute approximate surface area is 149 Å². The zero-order valence-electron chi connectivity index (χ0n) is 13.8. The van der Waals surface area contributed by atoms with Gasteiger partial charge < -0.3 is 10.1 Å². The van der Waals surface area contributed by atoms with Crippen molar-refractivity contribution in [3.63, 3.8) is 0 Å². The first-order valence-electron chi connectivity index (χ1n) is 8.09. The average Bonchev–Trinajstić information content (AvgIpc) is 3.19. The van der Waals surface area contributed by atoms with Crippen molar-refractivity contribution in [2.45, 2.75) is 13.2 Å². The van der Waals surface area contributed by atoms with Gasteiger partial charge >= 0.3 is 0 Å². The van der Waals surface area contributed by atoms with Crippen LogP contribution in [0.2, 0.25) is 0 Å². The first kappa shape index (κ1) is 16.0. The number of hydrogen-bond acceptors (Lipinski definition) is 4. The molecule has 4 aromatic rings. The summed E-state index contributed by atoms with van der Waals surface area (Å²) in [5.74, 6) is 0.642. The van der Waals surface area contributed by atoms with E-state index in [0.717, 1.165) is 16.3 Å². The fraction of sp³-hybridized carbons (Fsp3) is 0.105. The molecule has 0 saturated heterocycles. The maximum atomic E-state index is 13.9. The number of aromatic amines is 1. The third-order valence-corrected chi connectivity index (χ3v) is 4.05. The van der Waals surface area contributed by atoms with Gasteiger partial charge in [-0.3, -0.25) is 15.4 Å².